The van der Waals surface area contributed by atoms with Crippen molar-refractivity contribution in [2.75, 3.05) is 23.0 Å². The van der Waals surface area contributed by atoms with E-state index >= 15 is 0 Å². The summed E-state index contributed by atoms with van der Waals surface area (Å²) in [4.78, 5) is 5.69. The van der Waals surface area contributed by atoms with Crippen LogP contribution in [0.2, 0.25) is 0 Å². The van der Waals surface area contributed by atoms with Crippen LogP contribution in [-0.2, 0) is 26.8 Å². The molecular weight excluding hydrogens is 739 g/mol. The van der Waals surface area contributed by atoms with Crippen LogP contribution in [0, 0.1) is 0 Å². The van der Waals surface area contributed by atoms with Gasteiger partial charge in [-0.1, -0.05) is 85.8 Å². The smallest absolute Gasteiger partial charge is 0.374 e. The molecule has 0 saturated carbocycles. The van der Waals surface area contributed by atoms with Gasteiger partial charge in [0.2, 0.25) is 11.5 Å². The second kappa shape index (κ2) is 17.7. The molecule has 11 nitrogen and oxygen atoms in total. The van der Waals surface area contributed by atoms with E-state index in [9.17, 15) is 25.9 Å². The Morgan fingerprint density at radius 1 is 0.745 bits per heavy atom. The zero-order chi connectivity index (χ0) is 38.8. The maximum Gasteiger partial charge on any atom is 0.374 e. The van der Waals surface area contributed by atoms with Crippen molar-refractivity contribution in [2.24, 2.45) is 0 Å². The fourth-order valence-corrected chi connectivity index (χ4v) is 7.17. The van der Waals surface area contributed by atoms with Crippen LogP contribution in [0.3, 0.4) is 0 Å². The molecule has 0 saturated heterocycles. The molecule has 13 heteroatoms. The Hall–Kier alpha value is -5.60. The number of fused-ring (bicyclic) bond motifs is 2. The summed E-state index contributed by atoms with van der Waals surface area (Å²) in [6, 6.07) is 37.2. The number of benzene rings is 4. The lowest BCUT2D eigenvalue weighted by Gasteiger charge is -2.19. The summed E-state index contributed by atoms with van der Waals surface area (Å²) >= 11 is 0. The molecule has 0 unspecified atom stereocenters. The first-order valence-corrected chi connectivity index (χ1v) is 21.0. The minimum Gasteiger partial charge on any atom is -0.439 e. The van der Waals surface area contributed by atoms with Crippen LogP contribution >= 0.6 is 0 Å². The summed E-state index contributed by atoms with van der Waals surface area (Å²) in [5, 5.41) is 0. The second-order valence-electron chi connectivity index (χ2n) is 12.8. The fraction of sp³-hybridized carbons (Fsp3) is 0.190. The quantitative estimate of drug-likeness (QED) is 0.0867. The van der Waals surface area contributed by atoms with Crippen molar-refractivity contribution in [3.05, 3.63) is 151 Å². The Bertz CT molecular complexity index is 2480. The average Bonchev–Trinajstić information content (AvgIpc) is 3.70. The summed E-state index contributed by atoms with van der Waals surface area (Å²) in [7, 11) is -8.31. The predicted molar refractivity (Wildman–Crippen MR) is 214 cm³/mol. The molecule has 0 atom stereocenters. The minimum atomic E-state index is -4.15. The number of rotatable bonds is 13. The maximum absolute atomic E-state index is 11.6. The van der Waals surface area contributed by atoms with E-state index in [0.29, 0.717) is 29.5 Å². The van der Waals surface area contributed by atoms with E-state index in [4.69, 9.17) is 9.15 Å². The topological polar surface area (TPSA) is 151 Å². The first-order valence-electron chi connectivity index (χ1n) is 17.8. The Morgan fingerprint density at radius 2 is 1.35 bits per heavy atom. The van der Waals surface area contributed by atoms with Crippen molar-refractivity contribution in [2.45, 2.75) is 32.7 Å². The predicted octanol–water partition coefficient (Wildman–Crippen LogP) is 8.23. The third-order valence-corrected chi connectivity index (χ3v) is 10.4. The molecule has 55 heavy (non-hydrogen) atoms. The van der Waals surface area contributed by atoms with Gasteiger partial charge in [0.05, 0.1) is 23.3 Å². The van der Waals surface area contributed by atoms with Gasteiger partial charge in [0.25, 0.3) is 25.8 Å². The number of oxazole rings is 1. The first kappa shape index (κ1) is 39.1. The summed E-state index contributed by atoms with van der Waals surface area (Å²) in [5.41, 5.74) is 6.98. The van der Waals surface area contributed by atoms with Crippen molar-refractivity contribution in [3.8, 4) is 28.0 Å². The van der Waals surface area contributed by atoms with Crippen molar-refractivity contribution < 1.29 is 39.7 Å². The highest BCUT2D eigenvalue weighted by Gasteiger charge is 2.28. The van der Waals surface area contributed by atoms with Crippen molar-refractivity contribution in [3.63, 3.8) is 0 Å². The molecule has 2 N–H and O–H groups in total. The molecule has 3 heterocycles. The summed E-state index contributed by atoms with van der Waals surface area (Å²) < 4.78 is 79.6. The van der Waals surface area contributed by atoms with Crippen molar-refractivity contribution in [1.82, 2.24) is 4.98 Å². The Labute approximate surface area is 321 Å². The number of aromatic nitrogens is 2. The van der Waals surface area contributed by atoms with Gasteiger partial charge >= 0.3 is 5.89 Å². The molecule has 0 fully saturated rings. The zero-order valence-corrected chi connectivity index (χ0v) is 31.9. The summed E-state index contributed by atoms with van der Waals surface area (Å²) in [5.74, 6) is 0.807. The highest BCUT2D eigenvalue weighted by molar-refractivity contribution is 7.86. The highest BCUT2D eigenvalue weighted by atomic mass is 32.2. The highest BCUT2D eigenvalue weighted by Crippen LogP contribution is 2.42. The number of anilines is 1. The van der Waals surface area contributed by atoms with Crippen LogP contribution in [0.5, 0.6) is 5.75 Å². The van der Waals surface area contributed by atoms with E-state index in [1.165, 1.54) is 0 Å². The summed E-state index contributed by atoms with van der Waals surface area (Å²) in [6.07, 6.45) is 8.16. The van der Waals surface area contributed by atoms with Crippen LogP contribution in [0.1, 0.15) is 32.1 Å². The van der Waals surface area contributed by atoms with Crippen LogP contribution in [-0.4, -0.2) is 49.0 Å². The fourth-order valence-electron chi connectivity index (χ4n) is 6.18. The van der Waals surface area contributed by atoms with E-state index in [2.05, 4.69) is 4.98 Å². The standard InChI is InChI=1S/C37H36N2O8S2.C5H5N/c1-2-27(23-36-38(19-9-21-48(40,41)42)32-25-30(15-17-34(32)46-36)28-11-5-3-6-12-28)24-37-39(20-10-22-49(43,44)45)33-26-31(16-18-35(33)47-37)29-13-7-4-8-14-29;1-2-4-6-5-3-1/h3-8,11-18,23-26H,2,9-10,19-22H2,1H3,(H-,40,41,42,43,44,45);1-5H/p+1. The normalized spacial score (nSPS) is 13.7. The van der Waals surface area contributed by atoms with E-state index < -0.39 is 31.7 Å². The zero-order valence-electron chi connectivity index (χ0n) is 30.2. The van der Waals surface area contributed by atoms with Crippen molar-refractivity contribution >= 4 is 43.1 Å². The molecule has 2 aromatic heterocycles. The van der Waals surface area contributed by atoms with E-state index in [-0.39, 0.29) is 25.9 Å². The van der Waals surface area contributed by atoms with Gasteiger partial charge in [0.1, 0.15) is 0 Å². The number of pyridine rings is 1. The van der Waals surface area contributed by atoms with Crippen molar-refractivity contribution in [1.29, 1.82) is 0 Å². The van der Waals surface area contributed by atoms with Gasteiger partial charge in [0.15, 0.2) is 12.3 Å². The largest absolute Gasteiger partial charge is 0.439 e. The summed E-state index contributed by atoms with van der Waals surface area (Å²) in [6.45, 7) is 2.53. The van der Waals surface area contributed by atoms with E-state index in [1.54, 1.807) is 12.4 Å². The number of aryl methyl sites for hydroxylation is 1. The monoisotopic (exact) mass is 780 g/mol. The van der Waals surface area contributed by atoms with Gasteiger partial charge in [0, 0.05) is 37.5 Å². The second-order valence-corrected chi connectivity index (χ2v) is 15.9. The number of allylic oxidation sites excluding steroid dienone is 2. The van der Waals surface area contributed by atoms with Crippen LogP contribution in [0.25, 0.3) is 39.4 Å². The van der Waals surface area contributed by atoms with E-state index in [0.717, 1.165) is 39.0 Å². The van der Waals surface area contributed by atoms with Gasteiger partial charge in [-0.2, -0.15) is 21.4 Å². The van der Waals surface area contributed by atoms with Gasteiger partial charge in [-0.15, -0.1) is 0 Å². The number of hydrogen-bond acceptors (Lipinski definition) is 8. The molecule has 0 aliphatic carbocycles. The molecular formula is C42H42N3O8S2+. The molecule has 284 valence electrons. The molecule has 1 aliphatic rings. The third-order valence-electron chi connectivity index (χ3n) is 8.84. The number of nitrogens with zero attached hydrogens (tertiary/aromatic N) is 3. The van der Waals surface area contributed by atoms with Crippen LogP contribution < -0.4 is 14.2 Å². The molecule has 0 bridgehead atoms. The van der Waals surface area contributed by atoms with Gasteiger partial charge < -0.3 is 14.1 Å². The molecule has 4 aromatic carbocycles. The number of ether oxygens (including phenoxy) is 1. The van der Waals surface area contributed by atoms with Gasteiger partial charge in [-0.25, -0.2) is 0 Å². The Balaban J connectivity index is 0.000000782. The third kappa shape index (κ3) is 10.8. The lowest BCUT2D eigenvalue weighted by Crippen LogP contribution is -2.36. The Kier molecular flexibility index (Phi) is 12.6. The van der Waals surface area contributed by atoms with Gasteiger partial charge in [-0.05, 0) is 71.0 Å². The average molecular weight is 781 g/mol. The Morgan fingerprint density at radius 3 is 1.93 bits per heavy atom. The van der Waals surface area contributed by atoms with Gasteiger partial charge in [-0.3, -0.25) is 14.1 Å². The van der Waals surface area contributed by atoms with Crippen LogP contribution in [0.15, 0.2) is 150 Å². The molecule has 7 rings (SSSR count). The number of hydrogen-bond donors (Lipinski definition) is 2. The molecule has 0 spiro atoms. The lowest BCUT2D eigenvalue weighted by molar-refractivity contribution is -0.677. The van der Waals surface area contributed by atoms with Crippen LogP contribution in [0.4, 0.5) is 5.69 Å². The molecule has 0 amide bonds. The maximum atomic E-state index is 11.6. The van der Waals surface area contributed by atoms with E-state index in [1.807, 2.05) is 144 Å². The lowest BCUT2D eigenvalue weighted by atomic mass is 10.0. The first-order chi connectivity index (χ1) is 26.5. The SMILES string of the molecule is CCC(/C=C1\Oc2ccc(-c3ccccc3)cc2N1CCCS(=O)(=O)O)=C\c1oc2ccc(-c3ccccc3)cc2[n+]1CCCS(=O)(=O)O.c1ccncc1. The molecule has 0 radical (unpaired) electrons. The molecule has 6 aromatic rings. The molecule has 1 aliphatic heterocycles. The minimum absolute atomic E-state index is 0.167.